The summed E-state index contributed by atoms with van der Waals surface area (Å²) in [5.41, 5.74) is 2.34. The molecule has 0 atom stereocenters. The molecule has 0 aromatic heterocycles. The lowest BCUT2D eigenvalue weighted by atomic mass is 9.87. The van der Waals surface area contributed by atoms with Gasteiger partial charge >= 0.3 is 0 Å². The van der Waals surface area contributed by atoms with Gasteiger partial charge in [-0.25, -0.2) is 8.42 Å². The van der Waals surface area contributed by atoms with Gasteiger partial charge in [-0.2, -0.15) is 0 Å². The number of aryl methyl sites for hydroxylation is 1. The van der Waals surface area contributed by atoms with E-state index < -0.39 is 10.0 Å². The van der Waals surface area contributed by atoms with Crippen molar-refractivity contribution >= 4 is 21.6 Å². The zero-order chi connectivity index (χ0) is 21.7. The first-order chi connectivity index (χ1) is 13.5. The van der Waals surface area contributed by atoms with Crippen molar-refractivity contribution in [1.29, 1.82) is 0 Å². The van der Waals surface area contributed by atoms with Gasteiger partial charge in [-0.3, -0.25) is 9.52 Å². The van der Waals surface area contributed by atoms with Crippen molar-refractivity contribution in [3.63, 3.8) is 0 Å². The Bertz CT molecular complexity index is 946. The van der Waals surface area contributed by atoms with Gasteiger partial charge in [-0.1, -0.05) is 32.9 Å². The van der Waals surface area contributed by atoms with E-state index in [0.717, 1.165) is 12.0 Å². The van der Waals surface area contributed by atoms with Crippen LogP contribution < -0.4 is 10.0 Å². The number of carbonyl (C=O) groups is 1. The SMILES string of the molecule is COCCCNC(=O)c1ccc(NS(=O)(=O)c2cc(C(C)(C)C)ccc2C)cc1. The van der Waals surface area contributed by atoms with Gasteiger partial charge in [-0.15, -0.1) is 0 Å². The fourth-order valence-electron chi connectivity index (χ4n) is 2.78. The highest BCUT2D eigenvalue weighted by atomic mass is 32.2. The van der Waals surface area contributed by atoms with Gasteiger partial charge in [0.05, 0.1) is 4.90 Å². The molecule has 0 unspecified atom stereocenters. The first-order valence-electron chi connectivity index (χ1n) is 9.56. The van der Waals surface area contributed by atoms with Crippen molar-refractivity contribution in [1.82, 2.24) is 5.32 Å². The fourth-order valence-corrected chi connectivity index (χ4v) is 4.11. The van der Waals surface area contributed by atoms with Gasteiger partial charge in [0.1, 0.15) is 0 Å². The number of benzene rings is 2. The Kier molecular flexibility index (Phi) is 7.43. The molecule has 2 N–H and O–H groups in total. The number of ether oxygens (including phenoxy) is 1. The molecular formula is C22H30N2O4S. The summed E-state index contributed by atoms with van der Waals surface area (Å²) in [5.74, 6) is -0.204. The van der Waals surface area contributed by atoms with Gasteiger partial charge in [0.25, 0.3) is 15.9 Å². The second-order valence-corrected chi connectivity index (χ2v) is 9.67. The molecule has 2 aromatic carbocycles. The third kappa shape index (κ3) is 6.30. The molecule has 6 nitrogen and oxygen atoms in total. The van der Waals surface area contributed by atoms with E-state index in [1.165, 1.54) is 0 Å². The Morgan fingerprint density at radius 3 is 2.31 bits per heavy atom. The first kappa shape index (κ1) is 22.9. The van der Waals surface area contributed by atoms with Crippen LogP contribution in [0.3, 0.4) is 0 Å². The molecule has 0 fully saturated rings. The van der Waals surface area contributed by atoms with Gasteiger partial charge in [0.2, 0.25) is 0 Å². The molecule has 0 radical (unpaired) electrons. The number of anilines is 1. The number of hydrogen-bond acceptors (Lipinski definition) is 4. The summed E-state index contributed by atoms with van der Waals surface area (Å²) in [6, 6.07) is 11.9. The van der Waals surface area contributed by atoms with Crippen LogP contribution in [0.15, 0.2) is 47.4 Å². The normalized spacial score (nSPS) is 11.9. The van der Waals surface area contributed by atoms with E-state index in [1.807, 2.05) is 32.9 Å². The Labute approximate surface area is 173 Å². The van der Waals surface area contributed by atoms with Gasteiger partial charge in [0.15, 0.2) is 0 Å². The molecule has 0 aliphatic carbocycles. The summed E-state index contributed by atoms with van der Waals surface area (Å²) in [4.78, 5) is 12.4. The Balaban J connectivity index is 2.14. The predicted molar refractivity (Wildman–Crippen MR) is 116 cm³/mol. The molecule has 0 aliphatic rings. The minimum atomic E-state index is -3.74. The Hall–Kier alpha value is -2.38. The molecule has 0 aliphatic heterocycles. The molecule has 0 heterocycles. The van der Waals surface area contributed by atoms with Crippen molar-refractivity contribution in [3.8, 4) is 0 Å². The van der Waals surface area contributed by atoms with Crippen molar-refractivity contribution in [2.75, 3.05) is 25.0 Å². The number of sulfonamides is 1. The molecule has 0 saturated carbocycles. The standard InChI is InChI=1S/C22H30N2O4S/c1-16-7-10-18(22(2,3)4)15-20(16)29(26,27)24-19-11-8-17(9-12-19)21(25)23-13-6-14-28-5/h7-12,15,24H,6,13-14H2,1-5H3,(H,23,25). The van der Waals surface area contributed by atoms with E-state index >= 15 is 0 Å². The lowest BCUT2D eigenvalue weighted by molar-refractivity contribution is 0.0948. The summed E-state index contributed by atoms with van der Waals surface area (Å²) < 4.78 is 33.4. The van der Waals surface area contributed by atoms with Crippen LogP contribution >= 0.6 is 0 Å². The number of nitrogens with one attached hydrogen (secondary N) is 2. The number of carbonyl (C=O) groups excluding carboxylic acids is 1. The van der Waals surface area contributed by atoms with Crippen LogP contribution in [0.1, 0.15) is 48.7 Å². The van der Waals surface area contributed by atoms with Crippen LogP contribution in [0.2, 0.25) is 0 Å². The zero-order valence-electron chi connectivity index (χ0n) is 17.7. The smallest absolute Gasteiger partial charge is 0.262 e. The van der Waals surface area contributed by atoms with Gasteiger partial charge < -0.3 is 10.1 Å². The molecule has 29 heavy (non-hydrogen) atoms. The summed E-state index contributed by atoms with van der Waals surface area (Å²) in [6.07, 6.45) is 0.729. The molecular weight excluding hydrogens is 388 g/mol. The maximum atomic E-state index is 12.9. The second kappa shape index (κ2) is 9.41. The summed E-state index contributed by atoms with van der Waals surface area (Å²) >= 11 is 0. The highest BCUT2D eigenvalue weighted by Crippen LogP contribution is 2.27. The van der Waals surface area contributed by atoms with Crippen LogP contribution in [-0.4, -0.2) is 34.6 Å². The highest BCUT2D eigenvalue weighted by molar-refractivity contribution is 7.92. The molecule has 1 amide bonds. The minimum Gasteiger partial charge on any atom is -0.385 e. The van der Waals surface area contributed by atoms with E-state index in [1.54, 1.807) is 44.4 Å². The van der Waals surface area contributed by atoms with Crippen LogP contribution in [0.25, 0.3) is 0 Å². The quantitative estimate of drug-likeness (QED) is 0.638. The molecule has 2 rings (SSSR count). The van der Waals surface area contributed by atoms with Gasteiger partial charge in [-0.05, 0) is 60.2 Å². The van der Waals surface area contributed by atoms with Crippen LogP contribution in [0.5, 0.6) is 0 Å². The van der Waals surface area contributed by atoms with E-state index in [2.05, 4.69) is 10.0 Å². The molecule has 7 heteroatoms. The molecule has 158 valence electrons. The van der Waals surface area contributed by atoms with Crippen LogP contribution in [-0.2, 0) is 20.2 Å². The van der Waals surface area contributed by atoms with Crippen molar-refractivity contribution in [2.24, 2.45) is 0 Å². The number of hydrogen-bond donors (Lipinski definition) is 2. The lowest BCUT2D eigenvalue weighted by Gasteiger charge is -2.21. The second-order valence-electron chi connectivity index (χ2n) is 8.02. The summed E-state index contributed by atoms with van der Waals surface area (Å²) in [6.45, 7) is 9.00. The van der Waals surface area contributed by atoms with Crippen molar-refractivity contribution < 1.29 is 17.9 Å². The molecule has 2 aromatic rings. The topological polar surface area (TPSA) is 84.5 Å². The third-order valence-electron chi connectivity index (χ3n) is 4.55. The first-order valence-corrected chi connectivity index (χ1v) is 11.0. The molecule has 0 bridgehead atoms. The Morgan fingerprint density at radius 1 is 1.07 bits per heavy atom. The minimum absolute atomic E-state index is 0.157. The maximum absolute atomic E-state index is 12.9. The monoisotopic (exact) mass is 418 g/mol. The Morgan fingerprint density at radius 2 is 1.72 bits per heavy atom. The van der Waals surface area contributed by atoms with Crippen LogP contribution in [0, 0.1) is 6.92 Å². The summed E-state index contributed by atoms with van der Waals surface area (Å²) in [7, 11) is -2.13. The number of rotatable bonds is 8. The van der Waals surface area contributed by atoms with Crippen molar-refractivity contribution in [2.45, 2.75) is 44.4 Å². The van der Waals surface area contributed by atoms with E-state index in [9.17, 15) is 13.2 Å². The highest BCUT2D eigenvalue weighted by Gasteiger charge is 2.21. The number of amides is 1. The predicted octanol–water partition coefficient (Wildman–Crippen LogP) is 3.86. The number of methoxy groups -OCH3 is 1. The summed E-state index contributed by atoms with van der Waals surface area (Å²) in [5, 5.41) is 2.80. The zero-order valence-corrected chi connectivity index (χ0v) is 18.5. The molecule has 0 spiro atoms. The van der Waals surface area contributed by atoms with E-state index in [0.29, 0.717) is 30.0 Å². The van der Waals surface area contributed by atoms with Gasteiger partial charge in [0, 0.05) is 31.5 Å². The average Bonchev–Trinajstić information content (AvgIpc) is 2.64. The molecule has 0 saturated heterocycles. The third-order valence-corrected chi connectivity index (χ3v) is 6.08. The van der Waals surface area contributed by atoms with E-state index in [-0.39, 0.29) is 16.2 Å². The fraction of sp³-hybridized carbons (Fsp3) is 0.409. The maximum Gasteiger partial charge on any atom is 0.262 e. The van der Waals surface area contributed by atoms with Crippen LogP contribution in [0.4, 0.5) is 5.69 Å². The van der Waals surface area contributed by atoms with E-state index in [4.69, 9.17) is 4.74 Å². The van der Waals surface area contributed by atoms with Crippen molar-refractivity contribution in [3.05, 3.63) is 59.2 Å². The average molecular weight is 419 g/mol. The lowest BCUT2D eigenvalue weighted by Crippen LogP contribution is -2.25. The largest absolute Gasteiger partial charge is 0.385 e.